The highest BCUT2D eigenvalue weighted by molar-refractivity contribution is 5.37. The number of hydrogen-bond acceptors (Lipinski definition) is 2. The van der Waals surface area contributed by atoms with Crippen LogP contribution in [-0.4, -0.2) is 5.54 Å². The summed E-state index contributed by atoms with van der Waals surface area (Å²) in [7, 11) is 0. The summed E-state index contributed by atoms with van der Waals surface area (Å²) in [5.74, 6) is 0.954. The van der Waals surface area contributed by atoms with Gasteiger partial charge in [-0.15, -0.1) is 0 Å². The quantitative estimate of drug-likeness (QED) is 0.885. The van der Waals surface area contributed by atoms with Gasteiger partial charge in [-0.25, -0.2) is 4.39 Å². The monoisotopic (exact) mass is 273 g/mol. The van der Waals surface area contributed by atoms with Gasteiger partial charge in [0.2, 0.25) is 0 Å². The summed E-state index contributed by atoms with van der Waals surface area (Å²) in [6, 6.07) is 14.0. The van der Waals surface area contributed by atoms with Crippen LogP contribution in [0, 0.1) is 5.82 Å². The highest BCUT2D eigenvalue weighted by atomic mass is 19.1. The first-order valence-electron chi connectivity index (χ1n) is 6.70. The summed E-state index contributed by atoms with van der Waals surface area (Å²) < 4.78 is 19.0. The minimum Gasteiger partial charge on any atom is -0.457 e. The first-order valence-corrected chi connectivity index (χ1v) is 6.70. The van der Waals surface area contributed by atoms with E-state index in [1.54, 1.807) is 12.1 Å². The molecule has 1 N–H and O–H groups in total. The average Bonchev–Trinajstić information content (AvgIpc) is 2.37. The molecule has 2 aromatic carbocycles. The second-order valence-electron chi connectivity index (χ2n) is 5.77. The van der Waals surface area contributed by atoms with Crippen molar-refractivity contribution in [2.45, 2.75) is 32.9 Å². The Hall–Kier alpha value is -1.87. The number of benzene rings is 2. The van der Waals surface area contributed by atoms with E-state index in [0.717, 1.165) is 11.3 Å². The molecule has 0 aliphatic rings. The first-order chi connectivity index (χ1) is 9.44. The minimum atomic E-state index is -0.298. The largest absolute Gasteiger partial charge is 0.457 e. The molecule has 0 saturated heterocycles. The van der Waals surface area contributed by atoms with E-state index >= 15 is 0 Å². The molecule has 0 aliphatic carbocycles. The van der Waals surface area contributed by atoms with E-state index in [1.807, 2.05) is 24.3 Å². The second kappa shape index (κ2) is 6.06. The van der Waals surface area contributed by atoms with E-state index in [0.29, 0.717) is 12.3 Å². The lowest BCUT2D eigenvalue weighted by Crippen LogP contribution is -2.35. The molecule has 0 saturated carbocycles. The van der Waals surface area contributed by atoms with Gasteiger partial charge in [0.1, 0.15) is 17.3 Å². The highest BCUT2D eigenvalue weighted by Crippen LogP contribution is 2.26. The van der Waals surface area contributed by atoms with E-state index in [1.165, 1.54) is 12.1 Å². The van der Waals surface area contributed by atoms with Crippen LogP contribution in [0.2, 0.25) is 0 Å². The molecule has 2 nitrogen and oxygen atoms in total. The molecule has 2 aromatic rings. The van der Waals surface area contributed by atoms with Crippen LogP contribution in [0.5, 0.6) is 11.5 Å². The normalized spacial score (nSPS) is 11.4. The van der Waals surface area contributed by atoms with Crippen molar-refractivity contribution < 1.29 is 9.13 Å². The summed E-state index contributed by atoms with van der Waals surface area (Å²) in [5, 5.41) is 3.42. The van der Waals surface area contributed by atoms with Crippen molar-refractivity contribution in [3.8, 4) is 11.5 Å². The first kappa shape index (κ1) is 14.5. The molecule has 0 radical (unpaired) electrons. The minimum absolute atomic E-state index is 0.0337. The predicted molar refractivity (Wildman–Crippen MR) is 79.5 cm³/mol. The Morgan fingerprint density at radius 2 is 1.80 bits per heavy atom. The summed E-state index contributed by atoms with van der Waals surface area (Å²) in [6.45, 7) is 7.05. The molecule has 3 heteroatoms. The molecular weight excluding hydrogens is 253 g/mol. The zero-order chi connectivity index (χ0) is 14.6. The number of ether oxygens (including phenoxy) is 1. The fraction of sp³-hybridized carbons (Fsp3) is 0.294. The number of nitrogens with one attached hydrogen (secondary N) is 1. The molecule has 106 valence electrons. The average molecular weight is 273 g/mol. The zero-order valence-electron chi connectivity index (χ0n) is 12.1. The van der Waals surface area contributed by atoms with E-state index in [9.17, 15) is 4.39 Å². The predicted octanol–water partition coefficient (Wildman–Crippen LogP) is 4.51. The van der Waals surface area contributed by atoms with E-state index in [-0.39, 0.29) is 11.4 Å². The molecule has 20 heavy (non-hydrogen) atoms. The van der Waals surface area contributed by atoms with Gasteiger partial charge in [-0.3, -0.25) is 0 Å². The smallest absolute Gasteiger partial charge is 0.131 e. The van der Waals surface area contributed by atoms with Crippen molar-refractivity contribution in [1.82, 2.24) is 5.32 Å². The Kier molecular flexibility index (Phi) is 4.40. The molecular formula is C17H20FNO. The van der Waals surface area contributed by atoms with Gasteiger partial charge in [-0.2, -0.15) is 0 Å². The van der Waals surface area contributed by atoms with Crippen molar-refractivity contribution in [1.29, 1.82) is 0 Å². The van der Waals surface area contributed by atoms with Crippen LogP contribution in [0.4, 0.5) is 4.39 Å². The Morgan fingerprint density at radius 3 is 2.50 bits per heavy atom. The summed E-state index contributed by atoms with van der Waals surface area (Å²) in [6.07, 6.45) is 0. The van der Waals surface area contributed by atoms with E-state index in [4.69, 9.17) is 4.74 Å². The Bertz CT molecular complexity index is 575. The van der Waals surface area contributed by atoms with Crippen LogP contribution in [0.1, 0.15) is 26.3 Å². The molecule has 0 heterocycles. The number of halogens is 1. The number of hydrogen-bond donors (Lipinski definition) is 1. The van der Waals surface area contributed by atoms with Gasteiger partial charge in [0.05, 0.1) is 0 Å². The van der Waals surface area contributed by atoms with Crippen molar-refractivity contribution in [3.63, 3.8) is 0 Å². The van der Waals surface area contributed by atoms with Crippen molar-refractivity contribution in [3.05, 3.63) is 59.9 Å². The lowest BCUT2D eigenvalue weighted by molar-refractivity contribution is 0.414. The SMILES string of the molecule is CC(C)(C)NCc1ccccc1Oc1cccc(F)c1. The van der Waals surface area contributed by atoms with Crippen LogP contribution in [0.15, 0.2) is 48.5 Å². The fourth-order valence-corrected chi connectivity index (χ4v) is 1.77. The molecule has 0 fully saturated rings. The molecule has 0 unspecified atom stereocenters. The van der Waals surface area contributed by atoms with Gasteiger partial charge in [0.25, 0.3) is 0 Å². The molecule has 0 atom stereocenters. The third-order valence-corrected chi connectivity index (χ3v) is 2.81. The molecule has 0 aromatic heterocycles. The van der Waals surface area contributed by atoms with Crippen LogP contribution < -0.4 is 10.1 Å². The topological polar surface area (TPSA) is 21.3 Å². The molecule has 0 spiro atoms. The van der Waals surface area contributed by atoms with Gasteiger partial charge in [0, 0.05) is 23.7 Å². The Labute approximate surface area is 119 Å². The molecule has 0 amide bonds. The Balaban J connectivity index is 2.15. The Morgan fingerprint density at radius 1 is 1.05 bits per heavy atom. The summed E-state index contributed by atoms with van der Waals surface area (Å²) in [5.41, 5.74) is 1.08. The highest BCUT2D eigenvalue weighted by Gasteiger charge is 2.11. The van der Waals surface area contributed by atoms with Gasteiger partial charge in [-0.05, 0) is 39.0 Å². The van der Waals surface area contributed by atoms with Gasteiger partial charge in [0.15, 0.2) is 0 Å². The zero-order valence-corrected chi connectivity index (χ0v) is 12.1. The molecule has 0 bridgehead atoms. The molecule has 0 aliphatic heterocycles. The maximum absolute atomic E-state index is 13.2. The van der Waals surface area contributed by atoms with E-state index < -0.39 is 0 Å². The van der Waals surface area contributed by atoms with Crippen molar-refractivity contribution in [2.75, 3.05) is 0 Å². The van der Waals surface area contributed by atoms with Crippen molar-refractivity contribution in [2.24, 2.45) is 0 Å². The maximum atomic E-state index is 13.2. The van der Waals surface area contributed by atoms with Crippen molar-refractivity contribution >= 4 is 0 Å². The number of rotatable bonds is 4. The number of para-hydroxylation sites is 1. The van der Waals surface area contributed by atoms with Gasteiger partial charge >= 0.3 is 0 Å². The van der Waals surface area contributed by atoms with Crippen LogP contribution in [-0.2, 0) is 6.54 Å². The fourth-order valence-electron chi connectivity index (χ4n) is 1.77. The van der Waals surface area contributed by atoms with Gasteiger partial charge in [-0.1, -0.05) is 24.3 Å². The maximum Gasteiger partial charge on any atom is 0.131 e. The van der Waals surface area contributed by atoms with Crippen LogP contribution in [0.25, 0.3) is 0 Å². The third kappa shape index (κ3) is 4.35. The lowest BCUT2D eigenvalue weighted by Gasteiger charge is -2.21. The van der Waals surface area contributed by atoms with E-state index in [2.05, 4.69) is 26.1 Å². The summed E-state index contributed by atoms with van der Waals surface area (Å²) in [4.78, 5) is 0. The molecule has 2 rings (SSSR count). The van der Waals surface area contributed by atoms with Crippen LogP contribution in [0.3, 0.4) is 0 Å². The second-order valence-corrected chi connectivity index (χ2v) is 5.77. The van der Waals surface area contributed by atoms with Crippen LogP contribution >= 0.6 is 0 Å². The standard InChI is InChI=1S/C17H20FNO/c1-17(2,3)19-12-13-7-4-5-10-16(13)20-15-9-6-8-14(18)11-15/h4-11,19H,12H2,1-3H3. The van der Waals surface area contributed by atoms with Gasteiger partial charge < -0.3 is 10.1 Å². The summed E-state index contributed by atoms with van der Waals surface area (Å²) >= 11 is 0. The lowest BCUT2D eigenvalue weighted by atomic mass is 10.1. The third-order valence-electron chi connectivity index (χ3n) is 2.81.